The zero-order chi connectivity index (χ0) is 14.9. The van der Waals surface area contributed by atoms with Crippen LogP contribution in [-0.2, 0) is 12.6 Å². The topological polar surface area (TPSA) is 0 Å². The summed E-state index contributed by atoms with van der Waals surface area (Å²) in [7, 11) is 0. The Morgan fingerprint density at radius 3 is 2.76 bits per heavy atom. The summed E-state index contributed by atoms with van der Waals surface area (Å²) in [6.07, 6.45) is 4.73. The average molecular weight is 312 g/mol. The van der Waals surface area contributed by atoms with E-state index in [0.717, 1.165) is 29.7 Å². The third kappa shape index (κ3) is 3.85. The summed E-state index contributed by atoms with van der Waals surface area (Å²) in [5.74, 6) is 0. The Morgan fingerprint density at radius 1 is 1.14 bits per heavy atom. The molecule has 0 saturated carbocycles. The van der Waals surface area contributed by atoms with Crippen LogP contribution in [0, 0.1) is 0 Å². The number of allylic oxidation sites excluding steroid dienone is 1. The van der Waals surface area contributed by atoms with Gasteiger partial charge < -0.3 is 0 Å². The zero-order valence-corrected chi connectivity index (χ0v) is 12.6. The normalized spacial score (nSPS) is 25.6. The first kappa shape index (κ1) is 15.0. The number of rotatable bonds is 3. The maximum Gasteiger partial charge on any atom is 0.416 e. The number of hydrogen-bond donors (Lipinski definition) is 0. The highest BCUT2D eigenvalue weighted by atomic mass is 32.2. The van der Waals surface area contributed by atoms with Crippen molar-refractivity contribution in [2.75, 3.05) is 0 Å². The van der Waals surface area contributed by atoms with Gasteiger partial charge in [0, 0.05) is 10.5 Å². The fourth-order valence-corrected chi connectivity index (χ4v) is 4.90. The summed E-state index contributed by atoms with van der Waals surface area (Å²) in [6, 6.07) is 5.75. The van der Waals surface area contributed by atoms with Crippen molar-refractivity contribution in [2.24, 2.45) is 0 Å². The molecule has 114 valence electrons. The van der Waals surface area contributed by atoms with Crippen LogP contribution < -0.4 is 0 Å². The van der Waals surface area contributed by atoms with Gasteiger partial charge in [-0.2, -0.15) is 24.9 Å². The molecule has 2 unspecified atom stereocenters. The van der Waals surface area contributed by atoms with Gasteiger partial charge in [-0.25, -0.2) is 0 Å². The van der Waals surface area contributed by atoms with Gasteiger partial charge in [0.15, 0.2) is 0 Å². The Bertz CT molecular complexity index is 533. The second kappa shape index (κ2) is 6.07. The zero-order valence-electron chi connectivity index (χ0n) is 11.8. The molecule has 0 aromatic heterocycles. The van der Waals surface area contributed by atoms with Crippen molar-refractivity contribution in [1.82, 2.24) is 0 Å². The summed E-state index contributed by atoms with van der Waals surface area (Å²) in [4.78, 5) is 0. The van der Waals surface area contributed by atoms with E-state index in [1.54, 1.807) is 6.07 Å². The monoisotopic (exact) mass is 312 g/mol. The number of halogens is 3. The van der Waals surface area contributed by atoms with Crippen LogP contribution in [0.5, 0.6) is 0 Å². The first-order valence-electron chi connectivity index (χ1n) is 7.52. The van der Waals surface area contributed by atoms with Gasteiger partial charge in [0.1, 0.15) is 0 Å². The molecule has 2 heterocycles. The molecule has 1 aromatic carbocycles. The van der Waals surface area contributed by atoms with Crippen molar-refractivity contribution in [3.8, 4) is 0 Å². The quantitative estimate of drug-likeness (QED) is 0.653. The maximum absolute atomic E-state index is 12.7. The van der Waals surface area contributed by atoms with Crippen LogP contribution in [-0.4, -0.2) is 10.5 Å². The number of thioether (sulfide) groups is 1. The number of benzene rings is 1. The molecule has 2 aliphatic rings. The van der Waals surface area contributed by atoms with Crippen LogP contribution >= 0.6 is 11.8 Å². The number of alkyl halides is 3. The van der Waals surface area contributed by atoms with Crippen molar-refractivity contribution in [2.45, 2.75) is 55.2 Å². The molecule has 2 aliphatic heterocycles. The Morgan fingerprint density at radius 2 is 2.00 bits per heavy atom. The summed E-state index contributed by atoms with van der Waals surface area (Å²) in [5, 5.41) is 1.39. The van der Waals surface area contributed by atoms with Crippen molar-refractivity contribution < 1.29 is 13.2 Å². The minimum absolute atomic E-state index is 0.537. The molecular weight excluding hydrogens is 293 g/mol. The van der Waals surface area contributed by atoms with Gasteiger partial charge in [-0.05, 0) is 43.7 Å². The first-order valence-corrected chi connectivity index (χ1v) is 8.46. The maximum atomic E-state index is 12.7. The summed E-state index contributed by atoms with van der Waals surface area (Å²) < 4.78 is 38.1. The van der Waals surface area contributed by atoms with E-state index in [9.17, 15) is 13.2 Å². The van der Waals surface area contributed by atoms with E-state index in [0.29, 0.717) is 11.7 Å². The van der Waals surface area contributed by atoms with Crippen molar-refractivity contribution in [3.63, 3.8) is 0 Å². The van der Waals surface area contributed by atoms with Crippen LogP contribution in [0.15, 0.2) is 35.9 Å². The predicted molar refractivity (Wildman–Crippen MR) is 81.5 cm³/mol. The highest BCUT2D eigenvalue weighted by Crippen LogP contribution is 2.41. The highest BCUT2D eigenvalue weighted by Gasteiger charge is 2.30. The molecule has 1 saturated heterocycles. The highest BCUT2D eigenvalue weighted by molar-refractivity contribution is 8.00. The average Bonchev–Trinajstić information content (AvgIpc) is 2.44. The molecule has 21 heavy (non-hydrogen) atoms. The van der Waals surface area contributed by atoms with E-state index >= 15 is 0 Å². The minimum atomic E-state index is -4.24. The third-order valence-electron chi connectivity index (χ3n) is 4.28. The van der Waals surface area contributed by atoms with E-state index in [1.165, 1.54) is 37.0 Å². The lowest BCUT2D eigenvalue weighted by molar-refractivity contribution is -0.137. The molecule has 4 heteroatoms. The van der Waals surface area contributed by atoms with Crippen molar-refractivity contribution in [1.29, 1.82) is 0 Å². The lowest BCUT2D eigenvalue weighted by Crippen LogP contribution is -2.21. The molecule has 0 amide bonds. The van der Waals surface area contributed by atoms with E-state index in [-0.39, 0.29) is 0 Å². The lowest BCUT2D eigenvalue weighted by Gasteiger charge is -2.33. The largest absolute Gasteiger partial charge is 0.416 e. The predicted octanol–water partition coefficient (Wildman–Crippen LogP) is 5.62. The Balaban J connectivity index is 1.64. The van der Waals surface area contributed by atoms with Crippen LogP contribution in [0.2, 0.25) is 0 Å². The number of hydrogen-bond acceptors (Lipinski definition) is 1. The van der Waals surface area contributed by atoms with Gasteiger partial charge >= 0.3 is 6.18 Å². The fraction of sp³-hybridized carbons (Fsp3) is 0.529. The third-order valence-corrected chi connectivity index (χ3v) is 5.79. The van der Waals surface area contributed by atoms with Crippen molar-refractivity contribution >= 4 is 11.8 Å². The van der Waals surface area contributed by atoms with Gasteiger partial charge in [0.25, 0.3) is 0 Å². The molecule has 2 atom stereocenters. The van der Waals surface area contributed by atoms with Gasteiger partial charge in [0.05, 0.1) is 5.56 Å². The van der Waals surface area contributed by atoms with Gasteiger partial charge in [-0.1, -0.05) is 36.3 Å². The van der Waals surface area contributed by atoms with Gasteiger partial charge in [-0.15, -0.1) is 0 Å². The molecular formula is C17H19F3S. The molecule has 0 spiro atoms. The second-order valence-corrected chi connectivity index (χ2v) is 7.50. The molecule has 1 aromatic rings. The van der Waals surface area contributed by atoms with E-state index in [2.05, 4.69) is 17.8 Å². The summed E-state index contributed by atoms with van der Waals surface area (Å²) >= 11 is 2.08. The van der Waals surface area contributed by atoms with E-state index in [4.69, 9.17) is 0 Å². The Kier molecular flexibility index (Phi) is 4.34. The Labute approximate surface area is 127 Å². The summed E-state index contributed by atoms with van der Waals surface area (Å²) in [5.41, 5.74) is 1.69. The van der Waals surface area contributed by atoms with E-state index < -0.39 is 11.7 Å². The first-order chi connectivity index (χ1) is 10.0. The van der Waals surface area contributed by atoms with Crippen LogP contribution in [0.4, 0.5) is 13.2 Å². The van der Waals surface area contributed by atoms with Crippen LogP contribution in [0.3, 0.4) is 0 Å². The Hall–Kier alpha value is -0.900. The van der Waals surface area contributed by atoms with E-state index in [1.807, 2.05) is 0 Å². The molecule has 0 aliphatic carbocycles. The van der Waals surface area contributed by atoms with Gasteiger partial charge in [-0.3, -0.25) is 0 Å². The fourth-order valence-electron chi connectivity index (χ4n) is 3.22. The lowest BCUT2D eigenvalue weighted by atomic mass is 9.93. The molecule has 0 radical (unpaired) electrons. The smallest absolute Gasteiger partial charge is 0.166 e. The molecule has 2 bridgehead atoms. The SMILES string of the molecule is FC(F)(F)c1cccc(CCC2=CC3CCCC(C2)S3)c1. The minimum Gasteiger partial charge on any atom is -0.166 e. The van der Waals surface area contributed by atoms with Crippen LogP contribution in [0.25, 0.3) is 0 Å². The molecule has 1 fully saturated rings. The standard InChI is InChI=1S/C17H19F3S/c18-17(19,20)14-4-1-3-12(9-14)7-8-13-10-15-5-2-6-16(11-13)21-15/h1,3-4,9-10,15-16H,2,5-8,11H2. The van der Waals surface area contributed by atoms with Crippen LogP contribution in [0.1, 0.15) is 43.2 Å². The molecule has 0 nitrogen and oxygen atoms in total. The molecule has 3 rings (SSSR count). The summed E-state index contributed by atoms with van der Waals surface area (Å²) in [6.45, 7) is 0. The number of aryl methyl sites for hydroxylation is 1. The van der Waals surface area contributed by atoms with Gasteiger partial charge in [0.2, 0.25) is 0 Å². The van der Waals surface area contributed by atoms with Crippen molar-refractivity contribution in [3.05, 3.63) is 47.0 Å². The second-order valence-electron chi connectivity index (χ2n) is 5.95. The molecule has 0 N–H and O–H groups in total. The number of fused-ring (bicyclic) bond motifs is 2.